The average Bonchev–Trinajstić information content (AvgIpc) is 2.35. The summed E-state index contributed by atoms with van der Waals surface area (Å²) >= 11 is 9.58. The summed E-state index contributed by atoms with van der Waals surface area (Å²) in [5.74, 6) is 0.581. The molecule has 112 valence electrons. The molecular weight excluding hydrogens is 340 g/mol. The molecule has 0 fully saturated rings. The van der Waals surface area contributed by atoms with Gasteiger partial charge < -0.3 is 10.6 Å². The molecule has 0 aromatic heterocycles. The zero-order valence-corrected chi connectivity index (χ0v) is 14.7. The number of nitrogens with one attached hydrogen (secondary N) is 2. The highest BCUT2D eigenvalue weighted by Crippen LogP contribution is 2.29. The van der Waals surface area contributed by atoms with Gasteiger partial charge in [-0.15, -0.1) is 0 Å². The molecule has 0 heterocycles. The molecule has 0 aliphatic carbocycles. The van der Waals surface area contributed by atoms with Gasteiger partial charge in [0.25, 0.3) is 0 Å². The molecule has 5 heteroatoms. The molecule has 1 atom stereocenters. The van der Waals surface area contributed by atoms with E-state index >= 15 is 0 Å². The Morgan fingerprint density at radius 1 is 1.35 bits per heavy atom. The molecule has 1 unspecified atom stereocenters. The highest BCUT2D eigenvalue weighted by atomic mass is 79.9. The Balaban J connectivity index is 2.59. The molecule has 1 aromatic carbocycles. The molecule has 0 saturated carbocycles. The van der Waals surface area contributed by atoms with Crippen LogP contribution >= 0.6 is 27.5 Å². The number of anilines is 1. The van der Waals surface area contributed by atoms with E-state index in [1.54, 1.807) is 0 Å². The van der Waals surface area contributed by atoms with Crippen molar-refractivity contribution in [1.82, 2.24) is 5.32 Å². The molecule has 1 aromatic rings. The minimum absolute atomic E-state index is 0.00533. The summed E-state index contributed by atoms with van der Waals surface area (Å²) in [5.41, 5.74) is 1.82. The maximum atomic E-state index is 12.0. The molecule has 1 amide bonds. The fraction of sp³-hybridized carbons (Fsp3) is 0.533. The van der Waals surface area contributed by atoms with E-state index in [4.69, 9.17) is 11.6 Å². The zero-order chi connectivity index (χ0) is 15.3. The van der Waals surface area contributed by atoms with Crippen LogP contribution in [-0.4, -0.2) is 18.5 Å². The summed E-state index contributed by atoms with van der Waals surface area (Å²) in [6.45, 7) is 8.76. The first kappa shape index (κ1) is 17.3. The van der Waals surface area contributed by atoms with Crippen LogP contribution in [0.5, 0.6) is 0 Å². The molecule has 0 aliphatic rings. The Labute approximate surface area is 134 Å². The second-order valence-electron chi connectivity index (χ2n) is 5.42. The highest BCUT2D eigenvalue weighted by Gasteiger charge is 2.14. The van der Waals surface area contributed by atoms with Crippen LogP contribution in [0.15, 0.2) is 16.6 Å². The average molecular weight is 362 g/mol. The van der Waals surface area contributed by atoms with E-state index < -0.39 is 0 Å². The first-order valence-electron chi connectivity index (χ1n) is 6.81. The molecule has 0 radical (unpaired) electrons. The number of rotatable bonds is 6. The topological polar surface area (TPSA) is 41.1 Å². The predicted molar refractivity (Wildman–Crippen MR) is 89.4 cm³/mol. The van der Waals surface area contributed by atoms with E-state index in [0.29, 0.717) is 17.5 Å². The van der Waals surface area contributed by atoms with Crippen LogP contribution in [0.3, 0.4) is 0 Å². The Kier molecular flexibility index (Phi) is 6.83. The fourth-order valence-electron chi connectivity index (χ4n) is 1.69. The predicted octanol–water partition coefficient (Wildman–Crippen LogP) is 4.37. The summed E-state index contributed by atoms with van der Waals surface area (Å²) < 4.78 is 0.904. The van der Waals surface area contributed by atoms with Crippen LogP contribution in [-0.2, 0) is 4.79 Å². The van der Waals surface area contributed by atoms with Crippen molar-refractivity contribution in [3.05, 3.63) is 27.2 Å². The van der Waals surface area contributed by atoms with Crippen LogP contribution in [0.25, 0.3) is 0 Å². The van der Waals surface area contributed by atoms with Crippen LogP contribution in [0, 0.1) is 12.8 Å². The van der Waals surface area contributed by atoms with Crippen molar-refractivity contribution >= 4 is 39.1 Å². The van der Waals surface area contributed by atoms with Gasteiger partial charge in [-0.25, -0.2) is 0 Å². The molecule has 2 N–H and O–H groups in total. The number of benzene rings is 1. The van der Waals surface area contributed by atoms with Gasteiger partial charge in [0.2, 0.25) is 5.91 Å². The number of aryl methyl sites for hydroxylation is 1. The first-order chi connectivity index (χ1) is 9.31. The lowest BCUT2D eigenvalue weighted by Gasteiger charge is -2.17. The number of halogens is 2. The Morgan fingerprint density at radius 3 is 2.60 bits per heavy atom. The third kappa shape index (κ3) is 5.33. The maximum Gasteiger partial charge on any atom is 0.242 e. The van der Waals surface area contributed by atoms with Gasteiger partial charge in [0.1, 0.15) is 6.04 Å². The van der Waals surface area contributed by atoms with Crippen molar-refractivity contribution in [2.75, 3.05) is 11.9 Å². The van der Waals surface area contributed by atoms with E-state index in [1.165, 1.54) is 0 Å². The third-order valence-corrected chi connectivity index (χ3v) is 4.10. The van der Waals surface area contributed by atoms with Crippen LogP contribution in [0.4, 0.5) is 5.69 Å². The summed E-state index contributed by atoms with van der Waals surface area (Å²) in [7, 11) is 0. The van der Waals surface area contributed by atoms with Gasteiger partial charge in [-0.1, -0.05) is 25.4 Å². The fourth-order valence-corrected chi connectivity index (χ4v) is 2.43. The molecule has 20 heavy (non-hydrogen) atoms. The van der Waals surface area contributed by atoms with Gasteiger partial charge >= 0.3 is 0 Å². The zero-order valence-electron chi connectivity index (χ0n) is 12.4. The first-order valence-corrected chi connectivity index (χ1v) is 7.98. The van der Waals surface area contributed by atoms with Crippen molar-refractivity contribution in [2.24, 2.45) is 5.92 Å². The molecule has 0 bridgehead atoms. The maximum absolute atomic E-state index is 12.0. The number of hydrogen-bond acceptors (Lipinski definition) is 2. The normalized spacial score (nSPS) is 12.3. The monoisotopic (exact) mass is 360 g/mol. The van der Waals surface area contributed by atoms with E-state index in [2.05, 4.69) is 40.4 Å². The van der Waals surface area contributed by atoms with Gasteiger partial charge in [-0.05, 0) is 59.8 Å². The Hall–Kier alpha value is -0.740. The lowest BCUT2D eigenvalue weighted by molar-refractivity contribution is -0.121. The SMILES string of the molecule is Cc1cc(Br)c(NC(C)C(=O)NCCC(C)C)cc1Cl. The third-order valence-electron chi connectivity index (χ3n) is 3.03. The van der Waals surface area contributed by atoms with Crippen molar-refractivity contribution < 1.29 is 4.79 Å². The summed E-state index contributed by atoms with van der Waals surface area (Å²) in [6.07, 6.45) is 0.985. The molecular formula is C15H22BrClN2O. The summed E-state index contributed by atoms with van der Waals surface area (Å²) in [4.78, 5) is 12.0. The van der Waals surface area contributed by atoms with Crippen LogP contribution in [0.1, 0.15) is 32.8 Å². The highest BCUT2D eigenvalue weighted by molar-refractivity contribution is 9.10. The summed E-state index contributed by atoms with van der Waals surface area (Å²) in [6, 6.07) is 3.46. The van der Waals surface area contributed by atoms with Gasteiger partial charge in [-0.2, -0.15) is 0 Å². The van der Waals surface area contributed by atoms with E-state index in [1.807, 2.05) is 26.0 Å². The Morgan fingerprint density at radius 2 is 2.00 bits per heavy atom. The van der Waals surface area contributed by atoms with E-state index in [9.17, 15) is 4.79 Å². The largest absolute Gasteiger partial charge is 0.373 e. The smallest absolute Gasteiger partial charge is 0.242 e. The standard InChI is InChI=1S/C15H22BrClN2O/c1-9(2)5-6-18-15(20)11(4)19-14-8-13(17)10(3)7-12(14)16/h7-9,11,19H,5-6H2,1-4H3,(H,18,20). The molecule has 0 aliphatic heterocycles. The molecule has 0 saturated heterocycles. The second kappa shape index (κ2) is 7.89. The van der Waals surface area contributed by atoms with Gasteiger partial charge in [0, 0.05) is 16.0 Å². The second-order valence-corrected chi connectivity index (χ2v) is 6.68. The van der Waals surface area contributed by atoms with Crippen LogP contribution in [0.2, 0.25) is 5.02 Å². The molecule has 3 nitrogen and oxygen atoms in total. The lowest BCUT2D eigenvalue weighted by atomic mass is 10.1. The van der Waals surface area contributed by atoms with Gasteiger partial charge in [0.15, 0.2) is 0 Å². The van der Waals surface area contributed by atoms with Crippen molar-refractivity contribution in [2.45, 2.75) is 40.2 Å². The van der Waals surface area contributed by atoms with Crippen molar-refractivity contribution in [3.63, 3.8) is 0 Å². The van der Waals surface area contributed by atoms with Crippen molar-refractivity contribution in [3.8, 4) is 0 Å². The minimum Gasteiger partial charge on any atom is -0.373 e. The van der Waals surface area contributed by atoms with Gasteiger partial charge in [0.05, 0.1) is 5.69 Å². The summed E-state index contributed by atoms with van der Waals surface area (Å²) in [5, 5.41) is 6.79. The number of amides is 1. The van der Waals surface area contributed by atoms with E-state index in [0.717, 1.165) is 22.1 Å². The number of carbonyl (C=O) groups excluding carboxylic acids is 1. The van der Waals surface area contributed by atoms with E-state index in [-0.39, 0.29) is 11.9 Å². The van der Waals surface area contributed by atoms with Crippen molar-refractivity contribution in [1.29, 1.82) is 0 Å². The lowest BCUT2D eigenvalue weighted by Crippen LogP contribution is -2.38. The number of carbonyl (C=O) groups is 1. The Bertz CT molecular complexity index is 477. The molecule has 0 spiro atoms. The quantitative estimate of drug-likeness (QED) is 0.789. The molecule has 1 rings (SSSR count). The van der Waals surface area contributed by atoms with Gasteiger partial charge in [-0.3, -0.25) is 4.79 Å². The number of hydrogen-bond donors (Lipinski definition) is 2. The minimum atomic E-state index is -0.308. The van der Waals surface area contributed by atoms with Crippen LogP contribution < -0.4 is 10.6 Å².